The first-order chi connectivity index (χ1) is 9.67. The fourth-order valence-electron chi connectivity index (χ4n) is 2.22. The molecule has 1 N–H and O–H groups in total. The summed E-state index contributed by atoms with van der Waals surface area (Å²) in [4.78, 5) is 0. The highest BCUT2D eigenvalue weighted by atomic mass is 19.1. The van der Waals surface area contributed by atoms with E-state index in [-0.39, 0.29) is 5.75 Å². The van der Waals surface area contributed by atoms with Gasteiger partial charge >= 0.3 is 0 Å². The average molecular weight is 277 g/mol. The second kappa shape index (κ2) is 5.00. The largest absolute Gasteiger partial charge is 0.493 e. The van der Waals surface area contributed by atoms with Crippen molar-refractivity contribution in [1.29, 1.82) is 0 Å². The molecule has 0 saturated carbocycles. The SMILES string of the molecule is COc1cc2c(cc1Oc1ccc(F)cc1F)CCN2. The minimum atomic E-state index is -0.745. The van der Waals surface area contributed by atoms with E-state index in [1.165, 1.54) is 13.2 Å². The van der Waals surface area contributed by atoms with Gasteiger partial charge in [0.1, 0.15) is 5.82 Å². The Bertz CT molecular complexity index is 659. The minimum absolute atomic E-state index is 0.0318. The first kappa shape index (κ1) is 12.7. The molecule has 0 aromatic heterocycles. The van der Waals surface area contributed by atoms with Gasteiger partial charge in [0.15, 0.2) is 23.1 Å². The van der Waals surface area contributed by atoms with Crippen molar-refractivity contribution in [2.45, 2.75) is 6.42 Å². The summed E-state index contributed by atoms with van der Waals surface area (Å²) in [5, 5.41) is 3.23. The van der Waals surface area contributed by atoms with Gasteiger partial charge in [0.2, 0.25) is 0 Å². The molecule has 1 aliphatic rings. The van der Waals surface area contributed by atoms with Gasteiger partial charge in [-0.2, -0.15) is 0 Å². The summed E-state index contributed by atoms with van der Waals surface area (Å²) < 4.78 is 37.3. The number of anilines is 1. The van der Waals surface area contributed by atoms with Crippen LogP contribution in [-0.2, 0) is 6.42 Å². The number of hydrogen-bond donors (Lipinski definition) is 1. The van der Waals surface area contributed by atoms with Crippen LogP contribution in [0.1, 0.15) is 5.56 Å². The second-order valence-corrected chi connectivity index (χ2v) is 4.51. The maximum Gasteiger partial charge on any atom is 0.169 e. The van der Waals surface area contributed by atoms with Crippen molar-refractivity contribution in [3.63, 3.8) is 0 Å². The van der Waals surface area contributed by atoms with Gasteiger partial charge in [-0.3, -0.25) is 0 Å². The number of methoxy groups -OCH3 is 1. The Labute approximate surface area is 115 Å². The van der Waals surface area contributed by atoms with E-state index in [1.807, 2.05) is 12.1 Å². The van der Waals surface area contributed by atoms with Crippen molar-refractivity contribution in [2.24, 2.45) is 0 Å². The third-order valence-corrected chi connectivity index (χ3v) is 3.21. The minimum Gasteiger partial charge on any atom is -0.493 e. The van der Waals surface area contributed by atoms with Crippen LogP contribution in [0.3, 0.4) is 0 Å². The Morgan fingerprint density at radius 1 is 1.05 bits per heavy atom. The number of hydrogen-bond acceptors (Lipinski definition) is 3. The van der Waals surface area contributed by atoms with E-state index >= 15 is 0 Å². The van der Waals surface area contributed by atoms with Gasteiger partial charge in [0.05, 0.1) is 7.11 Å². The standard InChI is InChI=1S/C15H13F2NO2/c1-19-14-8-12-9(4-5-18-12)6-15(14)20-13-3-2-10(16)7-11(13)17/h2-3,6-8,18H,4-5H2,1H3. The number of halogens is 2. The Kier molecular flexibility index (Phi) is 3.18. The number of benzene rings is 2. The summed E-state index contributed by atoms with van der Waals surface area (Å²) >= 11 is 0. The zero-order chi connectivity index (χ0) is 14.1. The molecule has 1 aliphatic heterocycles. The van der Waals surface area contributed by atoms with Crippen LogP contribution in [0.4, 0.5) is 14.5 Å². The number of rotatable bonds is 3. The maximum atomic E-state index is 13.6. The number of ether oxygens (including phenoxy) is 2. The molecule has 20 heavy (non-hydrogen) atoms. The molecule has 2 aromatic rings. The van der Waals surface area contributed by atoms with Crippen molar-refractivity contribution in [1.82, 2.24) is 0 Å². The van der Waals surface area contributed by atoms with Crippen LogP contribution in [0, 0.1) is 11.6 Å². The van der Waals surface area contributed by atoms with Gasteiger partial charge in [-0.05, 0) is 30.2 Å². The third kappa shape index (κ3) is 2.27. The molecule has 0 radical (unpaired) electrons. The third-order valence-electron chi connectivity index (χ3n) is 3.21. The molecular formula is C15H13F2NO2. The van der Waals surface area contributed by atoms with E-state index in [9.17, 15) is 8.78 Å². The van der Waals surface area contributed by atoms with Crippen LogP contribution in [0.5, 0.6) is 17.2 Å². The molecule has 0 spiro atoms. The van der Waals surface area contributed by atoms with Gasteiger partial charge in [-0.15, -0.1) is 0 Å². The predicted octanol–water partition coefficient (Wildman–Crippen LogP) is 3.73. The molecule has 0 bridgehead atoms. The lowest BCUT2D eigenvalue weighted by atomic mass is 10.1. The fourth-order valence-corrected chi connectivity index (χ4v) is 2.22. The summed E-state index contributed by atoms with van der Waals surface area (Å²) in [6, 6.07) is 6.84. The predicted molar refractivity (Wildman–Crippen MR) is 71.6 cm³/mol. The monoisotopic (exact) mass is 277 g/mol. The molecular weight excluding hydrogens is 264 g/mol. The van der Waals surface area contributed by atoms with Gasteiger partial charge in [-0.25, -0.2) is 8.78 Å². The molecule has 0 fully saturated rings. The van der Waals surface area contributed by atoms with Crippen molar-refractivity contribution in [2.75, 3.05) is 19.0 Å². The Morgan fingerprint density at radius 3 is 2.65 bits per heavy atom. The second-order valence-electron chi connectivity index (χ2n) is 4.51. The summed E-state index contributed by atoms with van der Waals surface area (Å²) in [6.45, 7) is 0.854. The molecule has 0 amide bonds. The van der Waals surface area contributed by atoms with Gasteiger partial charge in [-0.1, -0.05) is 0 Å². The zero-order valence-electron chi connectivity index (χ0n) is 10.9. The Balaban J connectivity index is 1.97. The van der Waals surface area contributed by atoms with Crippen molar-refractivity contribution in [3.8, 4) is 17.2 Å². The van der Waals surface area contributed by atoms with Crippen LogP contribution in [-0.4, -0.2) is 13.7 Å². The molecule has 0 unspecified atom stereocenters. The Morgan fingerprint density at radius 2 is 1.90 bits per heavy atom. The van der Waals surface area contributed by atoms with Gasteiger partial charge in [0, 0.05) is 24.4 Å². The van der Waals surface area contributed by atoms with Crippen LogP contribution < -0.4 is 14.8 Å². The molecule has 0 atom stereocenters. The van der Waals surface area contributed by atoms with Crippen LogP contribution in [0.2, 0.25) is 0 Å². The average Bonchev–Trinajstić information content (AvgIpc) is 2.88. The maximum absolute atomic E-state index is 13.6. The van der Waals surface area contributed by atoms with Crippen LogP contribution >= 0.6 is 0 Å². The van der Waals surface area contributed by atoms with E-state index in [1.54, 1.807) is 0 Å². The molecule has 2 aromatic carbocycles. The summed E-state index contributed by atoms with van der Waals surface area (Å²) in [6.07, 6.45) is 0.877. The Hall–Kier alpha value is -2.30. The van der Waals surface area contributed by atoms with E-state index in [2.05, 4.69) is 5.32 Å². The topological polar surface area (TPSA) is 30.5 Å². The highest BCUT2D eigenvalue weighted by Gasteiger charge is 2.17. The van der Waals surface area contributed by atoms with Gasteiger partial charge in [0.25, 0.3) is 0 Å². The molecule has 1 heterocycles. The number of nitrogens with one attached hydrogen (secondary N) is 1. The first-order valence-corrected chi connectivity index (χ1v) is 6.25. The lowest BCUT2D eigenvalue weighted by molar-refractivity contribution is 0.370. The molecule has 3 nitrogen and oxygen atoms in total. The van der Waals surface area contributed by atoms with Crippen LogP contribution in [0.25, 0.3) is 0 Å². The highest BCUT2D eigenvalue weighted by molar-refractivity contribution is 5.63. The molecule has 3 rings (SSSR count). The van der Waals surface area contributed by atoms with Crippen molar-refractivity contribution in [3.05, 3.63) is 47.5 Å². The van der Waals surface area contributed by atoms with Crippen molar-refractivity contribution < 1.29 is 18.3 Å². The normalized spacial score (nSPS) is 12.8. The quantitative estimate of drug-likeness (QED) is 0.927. The first-order valence-electron chi connectivity index (χ1n) is 6.25. The van der Waals surface area contributed by atoms with E-state index in [0.29, 0.717) is 11.5 Å². The van der Waals surface area contributed by atoms with Gasteiger partial charge < -0.3 is 14.8 Å². The molecule has 0 aliphatic carbocycles. The highest BCUT2D eigenvalue weighted by Crippen LogP contribution is 2.38. The van der Waals surface area contributed by atoms with E-state index in [4.69, 9.17) is 9.47 Å². The lowest BCUT2D eigenvalue weighted by Gasteiger charge is -2.13. The van der Waals surface area contributed by atoms with Crippen molar-refractivity contribution >= 4 is 5.69 Å². The molecule has 104 valence electrons. The number of fused-ring (bicyclic) bond motifs is 1. The summed E-state index contributed by atoms with van der Waals surface area (Å²) in [5.74, 6) is -0.497. The molecule has 5 heteroatoms. The van der Waals surface area contributed by atoms with E-state index < -0.39 is 11.6 Å². The summed E-state index contributed by atoms with van der Waals surface area (Å²) in [7, 11) is 1.52. The fraction of sp³-hybridized carbons (Fsp3) is 0.200. The smallest absolute Gasteiger partial charge is 0.169 e. The lowest BCUT2D eigenvalue weighted by Crippen LogP contribution is -1.95. The zero-order valence-corrected chi connectivity index (χ0v) is 10.9. The molecule has 0 saturated heterocycles. The van der Waals surface area contributed by atoms with E-state index in [0.717, 1.165) is 36.3 Å². The summed E-state index contributed by atoms with van der Waals surface area (Å²) in [5.41, 5.74) is 2.08. The van der Waals surface area contributed by atoms with Crippen LogP contribution in [0.15, 0.2) is 30.3 Å².